The molecule has 0 radical (unpaired) electrons. The lowest BCUT2D eigenvalue weighted by molar-refractivity contribution is -0.153. The standard InChI is InChI=1S/C18H26Cl2OS2/c1-15(2)14(21)16(3,4)18(15,20)23-22-17(19)12-6-10-5-11(8-12)9-13(17)7-10/h10-13H,5-9H2,1-4H3. The minimum atomic E-state index is -0.571. The summed E-state index contributed by atoms with van der Waals surface area (Å²) in [5.41, 5.74) is -0.982. The average Bonchev–Trinajstić information content (AvgIpc) is 2.48. The Kier molecular flexibility index (Phi) is 3.79. The highest BCUT2D eigenvalue weighted by atomic mass is 35.5. The van der Waals surface area contributed by atoms with Crippen molar-refractivity contribution in [2.45, 2.75) is 68.2 Å². The van der Waals surface area contributed by atoms with E-state index in [0.29, 0.717) is 11.8 Å². The molecule has 0 heterocycles. The van der Waals surface area contributed by atoms with Crippen LogP contribution in [-0.4, -0.2) is 14.2 Å². The third kappa shape index (κ3) is 2.06. The zero-order valence-electron chi connectivity index (χ0n) is 14.3. The van der Waals surface area contributed by atoms with E-state index in [1.807, 2.05) is 27.7 Å². The van der Waals surface area contributed by atoms with E-state index in [4.69, 9.17) is 23.2 Å². The van der Waals surface area contributed by atoms with Gasteiger partial charge in [0.15, 0.2) is 0 Å². The van der Waals surface area contributed by atoms with E-state index in [1.165, 1.54) is 32.1 Å². The summed E-state index contributed by atoms with van der Waals surface area (Å²) in [5.74, 6) is 3.35. The van der Waals surface area contributed by atoms with Gasteiger partial charge < -0.3 is 0 Å². The summed E-state index contributed by atoms with van der Waals surface area (Å²) in [6, 6.07) is 0. The SMILES string of the molecule is CC1(C)C(=O)C(C)(C)C1(Cl)SSC1(Cl)C2CC3CC(C2)CC1C3. The smallest absolute Gasteiger partial charge is 0.149 e. The minimum absolute atomic E-state index is 0.176. The minimum Gasteiger partial charge on any atom is -0.298 e. The van der Waals surface area contributed by atoms with Gasteiger partial charge in [-0.15, -0.1) is 23.2 Å². The first kappa shape index (κ1) is 17.4. The van der Waals surface area contributed by atoms with Crippen LogP contribution < -0.4 is 0 Å². The molecule has 23 heavy (non-hydrogen) atoms. The van der Waals surface area contributed by atoms with Gasteiger partial charge in [0.2, 0.25) is 0 Å². The summed E-state index contributed by atoms with van der Waals surface area (Å²) >= 11 is 14.3. The second-order valence-electron chi connectivity index (χ2n) is 9.34. The average molecular weight is 393 g/mol. The first-order valence-corrected chi connectivity index (χ1v) is 11.7. The van der Waals surface area contributed by atoms with E-state index >= 15 is 0 Å². The first-order valence-electron chi connectivity index (χ1n) is 8.82. The van der Waals surface area contributed by atoms with E-state index in [0.717, 1.165) is 11.8 Å². The van der Waals surface area contributed by atoms with Crippen molar-refractivity contribution in [1.29, 1.82) is 0 Å². The van der Waals surface area contributed by atoms with E-state index in [-0.39, 0.29) is 9.99 Å². The van der Waals surface area contributed by atoms with Crippen LogP contribution in [0, 0.1) is 34.5 Å². The third-order valence-corrected chi connectivity index (χ3v) is 13.9. The molecule has 5 aliphatic rings. The van der Waals surface area contributed by atoms with Crippen LogP contribution in [0.2, 0.25) is 0 Å². The highest BCUT2D eigenvalue weighted by molar-refractivity contribution is 8.78. The summed E-state index contributed by atoms with van der Waals surface area (Å²) in [6.45, 7) is 7.94. The predicted molar refractivity (Wildman–Crippen MR) is 102 cm³/mol. The maximum atomic E-state index is 12.5. The Morgan fingerprint density at radius 2 is 1.26 bits per heavy atom. The van der Waals surface area contributed by atoms with Gasteiger partial charge in [0.25, 0.3) is 0 Å². The van der Waals surface area contributed by atoms with Crippen molar-refractivity contribution in [3.8, 4) is 0 Å². The fourth-order valence-corrected chi connectivity index (χ4v) is 11.5. The lowest BCUT2D eigenvalue weighted by Crippen LogP contribution is -2.69. The molecule has 130 valence electrons. The number of hydrogen-bond acceptors (Lipinski definition) is 3. The lowest BCUT2D eigenvalue weighted by Gasteiger charge is -2.62. The first-order chi connectivity index (χ1) is 10.5. The Morgan fingerprint density at radius 3 is 1.70 bits per heavy atom. The summed E-state index contributed by atoms with van der Waals surface area (Å²) in [5, 5.41) is 0. The second-order valence-corrected chi connectivity index (χ2v) is 13.6. The molecule has 0 aromatic heterocycles. The number of hydrogen-bond donors (Lipinski definition) is 0. The molecular weight excluding hydrogens is 367 g/mol. The van der Waals surface area contributed by atoms with Crippen molar-refractivity contribution in [2.75, 3.05) is 0 Å². The van der Waals surface area contributed by atoms with Crippen LogP contribution in [0.5, 0.6) is 0 Å². The highest BCUT2D eigenvalue weighted by Gasteiger charge is 2.73. The molecule has 0 spiro atoms. The van der Waals surface area contributed by atoms with Crippen molar-refractivity contribution in [3.05, 3.63) is 0 Å². The number of alkyl halides is 2. The van der Waals surface area contributed by atoms with Crippen LogP contribution in [-0.2, 0) is 4.79 Å². The number of Topliss-reactive ketones (excluding diaryl/α,β-unsaturated/α-hetero) is 1. The Bertz CT molecular complexity index is 511. The van der Waals surface area contributed by atoms with Crippen LogP contribution in [0.25, 0.3) is 0 Å². The molecule has 0 atom stereocenters. The Morgan fingerprint density at radius 1 is 0.826 bits per heavy atom. The predicted octanol–water partition coefficient (Wildman–Crippen LogP) is 6.33. The van der Waals surface area contributed by atoms with Crippen LogP contribution in [0.15, 0.2) is 0 Å². The van der Waals surface area contributed by atoms with Gasteiger partial charge in [-0.25, -0.2) is 0 Å². The molecule has 1 nitrogen and oxygen atoms in total. The van der Waals surface area contributed by atoms with Crippen LogP contribution in [0.3, 0.4) is 0 Å². The van der Waals surface area contributed by atoms with Crippen molar-refractivity contribution in [1.82, 2.24) is 0 Å². The summed E-state index contributed by atoms with van der Waals surface area (Å²) in [4.78, 5) is 12.5. The Hall–Kier alpha value is 0.950. The molecule has 4 bridgehead atoms. The van der Waals surface area contributed by atoms with Crippen molar-refractivity contribution >= 4 is 50.6 Å². The quantitative estimate of drug-likeness (QED) is 0.412. The van der Waals surface area contributed by atoms with Gasteiger partial charge in [-0.2, -0.15) is 0 Å². The molecule has 0 aliphatic heterocycles. The molecule has 5 fully saturated rings. The van der Waals surface area contributed by atoms with Gasteiger partial charge in [0.05, 0.1) is 10.8 Å². The number of carbonyl (C=O) groups excluding carboxylic acids is 1. The molecule has 5 heteroatoms. The molecule has 0 aromatic rings. The maximum absolute atomic E-state index is 12.5. The number of rotatable bonds is 3. The summed E-state index contributed by atoms with van der Waals surface area (Å²) in [7, 11) is 3.49. The number of carbonyl (C=O) groups is 1. The largest absolute Gasteiger partial charge is 0.298 e. The van der Waals surface area contributed by atoms with Crippen molar-refractivity contribution in [3.63, 3.8) is 0 Å². The number of ketones is 1. The highest BCUT2D eigenvalue weighted by Crippen LogP contribution is 2.74. The van der Waals surface area contributed by atoms with E-state index in [2.05, 4.69) is 0 Å². The zero-order chi connectivity index (χ0) is 16.8. The van der Waals surface area contributed by atoms with Gasteiger partial charge in [0.1, 0.15) is 14.2 Å². The second kappa shape index (κ2) is 5.02. The lowest BCUT2D eigenvalue weighted by atomic mass is 9.54. The Labute approximate surface area is 157 Å². The molecule has 0 amide bonds. The topological polar surface area (TPSA) is 17.1 Å². The molecule has 5 rings (SSSR count). The van der Waals surface area contributed by atoms with E-state index in [9.17, 15) is 4.79 Å². The Balaban J connectivity index is 1.54. The molecule has 0 saturated heterocycles. The van der Waals surface area contributed by atoms with E-state index < -0.39 is 15.0 Å². The monoisotopic (exact) mass is 392 g/mol. The fourth-order valence-electron chi connectivity index (χ4n) is 6.08. The van der Waals surface area contributed by atoms with Crippen LogP contribution >= 0.6 is 44.8 Å². The van der Waals surface area contributed by atoms with Crippen LogP contribution in [0.4, 0.5) is 0 Å². The fraction of sp³-hybridized carbons (Fsp3) is 0.944. The van der Waals surface area contributed by atoms with Crippen molar-refractivity contribution < 1.29 is 4.79 Å². The van der Waals surface area contributed by atoms with Crippen LogP contribution in [0.1, 0.15) is 59.8 Å². The van der Waals surface area contributed by atoms with Gasteiger partial charge in [0, 0.05) is 0 Å². The normalized spacial score (nSPS) is 48.3. The molecule has 5 aliphatic carbocycles. The number of halogens is 2. The van der Waals surface area contributed by atoms with E-state index in [1.54, 1.807) is 21.6 Å². The maximum Gasteiger partial charge on any atom is 0.149 e. The zero-order valence-corrected chi connectivity index (χ0v) is 17.5. The van der Waals surface area contributed by atoms with Crippen molar-refractivity contribution in [2.24, 2.45) is 34.5 Å². The molecule has 0 aromatic carbocycles. The van der Waals surface area contributed by atoms with Gasteiger partial charge >= 0.3 is 0 Å². The third-order valence-electron chi connectivity index (χ3n) is 7.28. The molecule has 5 saturated carbocycles. The van der Waals surface area contributed by atoms with Gasteiger partial charge in [-0.05, 0) is 55.8 Å². The summed E-state index contributed by atoms with van der Waals surface area (Å²) in [6.07, 6.45) is 6.62. The molecular formula is C18H26Cl2OS2. The van der Waals surface area contributed by atoms with Gasteiger partial charge in [-0.1, -0.05) is 49.3 Å². The molecule has 0 N–H and O–H groups in total. The van der Waals surface area contributed by atoms with Gasteiger partial charge in [-0.3, -0.25) is 4.79 Å². The molecule has 0 unspecified atom stereocenters. The summed E-state index contributed by atoms with van der Waals surface area (Å²) < 4.78 is -0.747.